The van der Waals surface area contributed by atoms with E-state index in [9.17, 15) is 9.90 Å². The summed E-state index contributed by atoms with van der Waals surface area (Å²) in [6.45, 7) is 4.27. The van der Waals surface area contributed by atoms with Crippen LogP contribution < -0.4 is 0 Å². The van der Waals surface area contributed by atoms with E-state index in [4.69, 9.17) is 0 Å². The maximum atomic E-state index is 11.5. The summed E-state index contributed by atoms with van der Waals surface area (Å²) in [6.07, 6.45) is 11.3. The summed E-state index contributed by atoms with van der Waals surface area (Å²) in [5.41, 5.74) is 0. The van der Waals surface area contributed by atoms with E-state index >= 15 is 0 Å². The zero-order valence-corrected chi connectivity index (χ0v) is 12.3. The minimum atomic E-state index is -0.583. The predicted octanol–water partition coefficient (Wildman–Crippen LogP) is 3.53. The molecule has 3 unspecified atom stereocenters. The maximum Gasteiger partial charge on any atom is 0.321 e. The van der Waals surface area contributed by atoms with E-state index in [2.05, 4.69) is 11.8 Å². The zero-order valence-electron chi connectivity index (χ0n) is 12.3. The lowest BCUT2D eigenvalue weighted by atomic mass is 9.94. The molecule has 1 saturated carbocycles. The molecule has 3 heteroatoms. The number of carboxylic acid groups (broad SMARTS) is 1. The van der Waals surface area contributed by atoms with Gasteiger partial charge in [-0.1, -0.05) is 45.4 Å². The van der Waals surface area contributed by atoms with Crippen molar-refractivity contribution in [3.8, 4) is 0 Å². The Morgan fingerprint density at radius 2 is 1.89 bits per heavy atom. The van der Waals surface area contributed by atoms with Crippen molar-refractivity contribution in [1.29, 1.82) is 0 Å². The Bertz CT molecular complexity index is 292. The summed E-state index contributed by atoms with van der Waals surface area (Å²) in [6, 6.07) is -0.178. The Morgan fingerprint density at radius 3 is 2.63 bits per heavy atom. The van der Waals surface area contributed by atoms with Gasteiger partial charge in [-0.05, 0) is 37.6 Å². The average molecular weight is 267 g/mol. The van der Waals surface area contributed by atoms with Gasteiger partial charge in [0.15, 0.2) is 0 Å². The first-order valence-electron chi connectivity index (χ1n) is 8.21. The molecule has 1 aliphatic carbocycles. The van der Waals surface area contributed by atoms with Gasteiger partial charge >= 0.3 is 5.97 Å². The number of rotatable bonds is 8. The molecule has 2 aliphatic rings. The summed E-state index contributed by atoms with van der Waals surface area (Å²) in [7, 11) is 0. The van der Waals surface area contributed by atoms with Crippen LogP contribution in [0.15, 0.2) is 0 Å². The van der Waals surface area contributed by atoms with E-state index in [-0.39, 0.29) is 6.04 Å². The van der Waals surface area contributed by atoms with Crippen LogP contribution in [0.4, 0.5) is 0 Å². The van der Waals surface area contributed by atoms with Crippen molar-refractivity contribution >= 4 is 5.97 Å². The Labute approximate surface area is 117 Å². The molecule has 0 aromatic rings. The molecule has 110 valence electrons. The first-order chi connectivity index (χ1) is 9.24. The number of fused-ring (bicyclic) bond motifs is 1. The predicted molar refractivity (Wildman–Crippen MR) is 77.2 cm³/mol. The third kappa shape index (κ3) is 3.71. The fourth-order valence-electron chi connectivity index (χ4n) is 4.06. The molecular weight excluding hydrogens is 238 g/mol. The van der Waals surface area contributed by atoms with Gasteiger partial charge in [0.2, 0.25) is 0 Å². The summed E-state index contributed by atoms with van der Waals surface area (Å²) in [4.78, 5) is 13.7. The minimum absolute atomic E-state index is 0.178. The van der Waals surface area contributed by atoms with Crippen LogP contribution in [-0.2, 0) is 4.79 Å². The van der Waals surface area contributed by atoms with Gasteiger partial charge in [0.1, 0.15) is 6.04 Å². The third-order valence-corrected chi connectivity index (χ3v) is 5.04. The standard InChI is InChI=1S/C16H29NO2/c1-2-3-4-5-6-7-11-17-12-13-9-8-10-14(13)15(17)16(18)19/h13-15H,2-12H2,1H3,(H,18,19). The van der Waals surface area contributed by atoms with E-state index in [1.54, 1.807) is 0 Å². The summed E-state index contributed by atoms with van der Waals surface area (Å²) >= 11 is 0. The minimum Gasteiger partial charge on any atom is -0.480 e. The van der Waals surface area contributed by atoms with Crippen LogP contribution in [0.2, 0.25) is 0 Å². The fourth-order valence-corrected chi connectivity index (χ4v) is 4.06. The van der Waals surface area contributed by atoms with Crippen molar-refractivity contribution in [2.24, 2.45) is 11.8 Å². The lowest BCUT2D eigenvalue weighted by Gasteiger charge is -2.24. The summed E-state index contributed by atoms with van der Waals surface area (Å²) < 4.78 is 0. The van der Waals surface area contributed by atoms with Crippen LogP contribution in [-0.4, -0.2) is 35.1 Å². The lowest BCUT2D eigenvalue weighted by molar-refractivity contribution is -0.143. The number of carbonyl (C=O) groups is 1. The van der Waals surface area contributed by atoms with E-state index in [0.717, 1.165) is 19.5 Å². The molecule has 0 radical (unpaired) electrons. The average Bonchev–Trinajstić information content (AvgIpc) is 2.92. The van der Waals surface area contributed by atoms with Gasteiger partial charge in [-0.2, -0.15) is 0 Å². The number of carboxylic acids is 1. The Balaban J connectivity index is 1.72. The molecule has 2 rings (SSSR count). The smallest absolute Gasteiger partial charge is 0.321 e. The maximum absolute atomic E-state index is 11.5. The molecule has 1 heterocycles. The highest BCUT2D eigenvalue weighted by atomic mass is 16.4. The van der Waals surface area contributed by atoms with Gasteiger partial charge < -0.3 is 5.11 Å². The Hall–Kier alpha value is -0.570. The molecule has 0 aromatic carbocycles. The molecule has 0 amide bonds. The van der Waals surface area contributed by atoms with E-state index in [0.29, 0.717) is 11.8 Å². The summed E-state index contributed by atoms with van der Waals surface area (Å²) in [5, 5.41) is 9.46. The molecule has 2 fully saturated rings. The first-order valence-corrected chi connectivity index (χ1v) is 8.21. The van der Waals surface area contributed by atoms with E-state index < -0.39 is 5.97 Å². The number of unbranched alkanes of at least 4 members (excludes halogenated alkanes) is 5. The number of likely N-dealkylation sites (tertiary alicyclic amines) is 1. The number of aliphatic carboxylic acids is 1. The fraction of sp³-hybridized carbons (Fsp3) is 0.938. The molecule has 1 N–H and O–H groups in total. The van der Waals surface area contributed by atoms with Crippen LogP contribution in [0, 0.1) is 11.8 Å². The highest BCUT2D eigenvalue weighted by Crippen LogP contribution is 2.42. The van der Waals surface area contributed by atoms with Crippen molar-refractivity contribution in [1.82, 2.24) is 4.90 Å². The second kappa shape index (κ2) is 7.28. The number of nitrogens with zero attached hydrogens (tertiary/aromatic N) is 1. The SMILES string of the molecule is CCCCCCCCN1CC2CCCC2C1C(=O)O. The van der Waals surface area contributed by atoms with Gasteiger partial charge in [0.05, 0.1) is 0 Å². The van der Waals surface area contributed by atoms with E-state index in [1.165, 1.54) is 51.4 Å². The van der Waals surface area contributed by atoms with Gasteiger partial charge in [-0.25, -0.2) is 0 Å². The van der Waals surface area contributed by atoms with Crippen LogP contribution in [0.25, 0.3) is 0 Å². The van der Waals surface area contributed by atoms with Gasteiger partial charge in [-0.15, -0.1) is 0 Å². The Kier molecular flexibility index (Phi) is 5.68. The Morgan fingerprint density at radius 1 is 1.16 bits per heavy atom. The number of hydrogen-bond donors (Lipinski definition) is 1. The largest absolute Gasteiger partial charge is 0.480 e. The monoisotopic (exact) mass is 267 g/mol. The normalized spacial score (nSPS) is 30.7. The van der Waals surface area contributed by atoms with Crippen molar-refractivity contribution in [3.05, 3.63) is 0 Å². The molecule has 0 spiro atoms. The topological polar surface area (TPSA) is 40.5 Å². The molecule has 0 aromatic heterocycles. The van der Waals surface area contributed by atoms with E-state index in [1.807, 2.05) is 0 Å². The van der Waals surface area contributed by atoms with Crippen molar-refractivity contribution in [2.45, 2.75) is 70.8 Å². The van der Waals surface area contributed by atoms with Crippen LogP contribution in [0.1, 0.15) is 64.7 Å². The third-order valence-electron chi connectivity index (χ3n) is 5.04. The van der Waals surface area contributed by atoms with Gasteiger partial charge in [-0.3, -0.25) is 9.69 Å². The first kappa shape index (κ1) is 14.8. The number of hydrogen-bond acceptors (Lipinski definition) is 2. The van der Waals surface area contributed by atoms with Crippen LogP contribution >= 0.6 is 0 Å². The van der Waals surface area contributed by atoms with Crippen molar-refractivity contribution in [3.63, 3.8) is 0 Å². The van der Waals surface area contributed by atoms with Crippen molar-refractivity contribution in [2.75, 3.05) is 13.1 Å². The summed E-state index contributed by atoms with van der Waals surface area (Å²) in [5.74, 6) is 0.527. The lowest BCUT2D eigenvalue weighted by Crippen LogP contribution is -2.40. The second-order valence-corrected chi connectivity index (χ2v) is 6.40. The molecule has 1 saturated heterocycles. The van der Waals surface area contributed by atoms with Crippen LogP contribution in [0.5, 0.6) is 0 Å². The molecule has 19 heavy (non-hydrogen) atoms. The quantitative estimate of drug-likeness (QED) is 0.684. The molecule has 3 nitrogen and oxygen atoms in total. The zero-order chi connectivity index (χ0) is 13.7. The van der Waals surface area contributed by atoms with Gasteiger partial charge in [0.25, 0.3) is 0 Å². The molecular formula is C16H29NO2. The molecule has 1 aliphatic heterocycles. The molecule has 0 bridgehead atoms. The van der Waals surface area contributed by atoms with Crippen molar-refractivity contribution < 1.29 is 9.90 Å². The molecule has 3 atom stereocenters. The highest BCUT2D eigenvalue weighted by Gasteiger charge is 2.47. The highest BCUT2D eigenvalue weighted by molar-refractivity contribution is 5.74. The second-order valence-electron chi connectivity index (χ2n) is 6.40. The van der Waals surface area contributed by atoms with Gasteiger partial charge in [0, 0.05) is 6.54 Å². The van der Waals surface area contributed by atoms with Crippen LogP contribution in [0.3, 0.4) is 0 Å².